The van der Waals surface area contributed by atoms with E-state index in [0.29, 0.717) is 5.56 Å². The second kappa shape index (κ2) is 3.92. The first-order valence-corrected chi connectivity index (χ1v) is 3.83. The Hall–Kier alpha value is -1.53. The van der Waals surface area contributed by atoms with E-state index in [1.165, 1.54) is 18.2 Å². The summed E-state index contributed by atoms with van der Waals surface area (Å²) in [5, 5.41) is 8.51. The summed E-state index contributed by atoms with van der Waals surface area (Å²) in [5.74, 6) is -0.579. The van der Waals surface area contributed by atoms with Crippen molar-refractivity contribution in [2.24, 2.45) is 0 Å². The molecule has 1 aromatic carbocycles. The van der Waals surface area contributed by atoms with Crippen LogP contribution in [0, 0.1) is 17.1 Å². The number of halogens is 2. The first-order valence-electron chi connectivity index (χ1n) is 3.46. The van der Waals surface area contributed by atoms with Crippen LogP contribution in [0.5, 0.6) is 0 Å². The molecule has 0 aliphatic carbocycles. The zero-order valence-corrected chi connectivity index (χ0v) is 7.35. The van der Waals surface area contributed by atoms with Gasteiger partial charge in [0.05, 0.1) is 11.8 Å². The van der Waals surface area contributed by atoms with Gasteiger partial charge in [-0.2, -0.15) is 5.26 Å². The number of hydrogen-bond acceptors (Lipinski definition) is 2. The van der Waals surface area contributed by atoms with Crippen molar-refractivity contribution in [1.29, 1.82) is 5.26 Å². The fraction of sp³-hybridized carbons (Fsp3) is 0. The van der Waals surface area contributed by atoms with Crippen molar-refractivity contribution in [3.8, 4) is 6.07 Å². The lowest BCUT2D eigenvalue weighted by molar-refractivity contribution is 0.632. The number of nitrogens with zero attached hydrogens (tertiary/aromatic N) is 1. The van der Waals surface area contributed by atoms with E-state index < -0.39 is 5.82 Å². The van der Waals surface area contributed by atoms with Crippen molar-refractivity contribution in [1.82, 2.24) is 0 Å². The maximum atomic E-state index is 12.9. The third-order valence-corrected chi connectivity index (χ3v) is 1.68. The number of hydrogen-bond donors (Lipinski definition) is 1. The molecule has 0 spiro atoms. The molecule has 66 valence electrons. The topological polar surface area (TPSA) is 49.8 Å². The van der Waals surface area contributed by atoms with E-state index in [9.17, 15) is 4.39 Å². The summed E-state index contributed by atoms with van der Waals surface area (Å²) < 4.78 is 12.9. The van der Waals surface area contributed by atoms with Crippen LogP contribution in [0.3, 0.4) is 0 Å². The van der Waals surface area contributed by atoms with Crippen LogP contribution < -0.4 is 5.73 Å². The van der Waals surface area contributed by atoms with E-state index in [4.69, 9.17) is 22.6 Å². The molecule has 4 heteroatoms. The molecule has 0 unspecified atom stereocenters. The lowest BCUT2D eigenvalue weighted by Gasteiger charge is -2.01. The van der Waals surface area contributed by atoms with Crippen molar-refractivity contribution in [2.75, 3.05) is 5.73 Å². The molecule has 0 saturated carbocycles. The zero-order chi connectivity index (χ0) is 9.84. The van der Waals surface area contributed by atoms with E-state index in [2.05, 4.69) is 0 Å². The summed E-state index contributed by atoms with van der Waals surface area (Å²) in [4.78, 5) is 0. The standard InChI is InChI=1S/C9H6ClFN2/c10-7-4-6(2-1-3-12)9(13)8(11)5-7/h1-2,4-5H,13H2. The normalized spacial score (nSPS) is 10.2. The summed E-state index contributed by atoms with van der Waals surface area (Å²) in [6.45, 7) is 0. The molecule has 0 fully saturated rings. The van der Waals surface area contributed by atoms with Crippen molar-refractivity contribution in [3.05, 3.63) is 34.6 Å². The quantitative estimate of drug-likeness (QED) is 0.555. The van der Waals surface area contributed by atoms with Crippen molar-refractivity contribution in [3.63, 3.8) is 0 Å². The van der Waals surface area contributed by atoms with Gasteiger partial charge in [0.1, 0.15) is 5.82 Å². The molecule has 0 saturated heterocycles. The molecule has 0 aliphatic heterocycles. The van der Waals surface area contributed by atoms with Gasteiger partial charge in [-0.25, -0.2) is 4.39 Å². The zero-order valence-electron chi connectivity index (χ0n) is 6.59. The van der Waals surface area contributed by atoms with Crippen LogP contribution in [0.25, 0.3) is 6.08 Å². The molecular formula is C9H6ClFN2. The number of benzene rings is 1. The number of allylic oxidation sites excluding steroid dienone is 1. The predicted octanol–water partition coefficient (Wildman–Crippen LogP) is 2.60. The maximum absolute atomic E-state index is 12.9. The SMILES string of the molecule is N#CC=Cc1cc(Cl)cc(F)c1N. The summed E-state index contributed by atoms with van der Waals surface area (Å²) in [6.07, 6.45) is 2.62. The summed E-state index contributed by atoms with van der Waals surface area (Å²) in [5.41, 5.74) is 5.80. The monoisotopic (exact) mass is 196 g/mol. The van der Waals surface area contributed by atoms with Gasteiger partial charge in [0.25, 0.3) is 0 Å². The molecule has 0 aromatic heterocycles. The van der Waals surface area contributed by atoms with Gasteiger partial charge in [-0.1, -0.05) is 11.6 Å². The van der Waals surface area contributed by atoms with Gasteiger partial charge in [-0.05, 0) is 18.2 Å². The molecule has 0 aliphatic rings. The summed E-state index contributed by atoms with van der Waals surface area (Å²) in [6, 6.07) is 4.40. The highest BCUT2D eigenvalue weighted by Gasteiger charge is 2.03. The second-order valence-electron chi connectivity index (χ2n) is 2.35. The highest BCUT2D eigenvalue weighted by Crippen LogP contribution is 2.22. The average molecular weight is 197 g/mol. The van der Waals surface area contributed by atoms with Crippen LogP contribution in [0.15, 0.2) is 18.2 Å². The van der Waals surface area contributed by atoms with Crippen LogP contribution in [-0.2, 0) is 0 Å². The first kappa shape index (κ1) is 9.56. The molecular weight excluding hydrogens is 191 g/mol. The van der Waals surface area contributed by atoms with Crippen LogP contribution in [0.4, 0.5) is 10.1 Å². The third-order valence-electron chi connectivity index (χ3n) is 1.46. The Kier molecular flexibility index (Phi) is 2.88. The van der Waals surface area contributed by atoms with Gasteiger partial charge in [-0.3, -0.25) is 0 Å². The van der Waals surface area contributed by atoms with E-state index in [1.807, 2.05) is 0 Å². The van der Waals surface area contributed by atoms with Crippen molar-refractivity contribution in [2.45, 2.75) is 0 Å². The summed E-state index contributed by atoms with van der Waals surface area (Å²) >= 11 is 5.59. The van der Waals surface area contributed by atoms with Gasteiger partial charge in [0.2, 0.25) is 0 Å². The molecule has 0 bridgehead atoms. The Balaban J connectivity index is 3.22. The minimum atomic E-state index is -0.579. The number of rotatable bonds is 1. The number of nitriles is 1. The van der Waals surface area contributed by atoms with Gasteiger partial charge >= 0.3 is 0 Å². The van der Waals surface area contributed by atoms with Gasteiger partial charge < -0.3 is 5.73 Å². The first-order chi connectivity index (χ1) is 6.15. The van der Waals surface area contributed by atoms with Crippen LogP contribution >= 0.6 is 11.6 Å². The lowest BCUT2D eigenvalue weighted by Crippen LogP contribution is -1.93. The molecule has 13 heavy (non-hydrogen) atoms. The predicted molar refractivity (Wildman–Crippen MR) is 50.5 cm³/mol. The molecule has 2 N–H and O–H groups in total. The fourth-order valence-electron chi connectivity index (χ4n) is 0.870. The fourth-order valence-corrected chi connectivity index (χ4v) is 1.08. The van der Waals surface area contributed by atoms with Crippen LogP contribution in [0.1, 0.15) is 5.56 Å². The second-order valence-corrected chi connectivity index (χ2v) is 2.79. The van der Waals surface area contributed by atoms with Crippen molar-refractivity contribution >= 4 is 23.4 Å². The average Bonchev–Trinajstić information content (AvgIpc) is 2.09. The molecule has 0 radical (unpaired) electrons. The van der Waals surface area contributed by atoms with Gasteiger partial charge in [-0.15, -0.1) is 0 Å². The van der Waals surface area contributed by atoms with E-state index in [-0.39, 0.29) is 10.7 Å². The Bertz CT molecular complexity index is 393. The Labute approximate surface area is 80.0 Å². The molecule has 0 amide bonds. The third kappa shape index (κ3) is 2.20. The van der Waals surface area contributed by atoms with Crippen molar-refractivity contribution < 1.29 is 4.39 Å². The van der Waals surface area contributed by atoms with Crippen LogP contribution in [0.2, 0.25) is 5.02 Å². The van der Waals surface area contributed by atoms with Gasteiger partial charge in [0, 0.05) is 16.7 Å². The minimum Gasteiger partial charge on any atom is -0.396 e. The minimum absolute atomic E-state index is 0.00380. The van der Waals surface area contributed by atoms with E-state index in [1.54, 1.807) is 6.07 Å². The molecule has 0 atom stereocenters. The van der Waals surface area contributed by atoms with Gasteiger partial charge in [0.15, 0.2) is 0 Å². The Morgan fingerprint density at radius 2 is 2.23 bits per heavy atom. The summed E-state index contributed by atoms with van der Waals surface area (Å²) in [7, 11) is 0. The van der Waals surface area contributed by atoms with E-state index in [0.717, 1.165) is 6.07 Å². The number of nitrogen functional groups attached to an aromatic ring is 1. The molecule has 1 aromatic rings. The molecule has 2 nitrogen and oxygen atoms in total. The molecule has 0 heterocycles. The molecule has 1 rings (SSSR count). The largest absolute Gasteiger partial charge is 0.396 e. The smallest absolute Gasteiger partial charge is 0.148 e. The Morgan fingerprint density at radius 3 is 2.85 bits per heavy atom. The van der Waals surface area contributed by atoms with Crippen LogP contribution in [-0.4, -0.2) is 0 Å². The van der Waals surface area contributed by atoms with E-state index >= 15 is 0 Å². The number of nitrogens with two attached hydrogens (primary N) is 1. The lowest BCUT2D eigenvalue weighted by atomic mass is 10.1. The maximum Gasteiger partial charge on any atom is 0.148 e. The highest BCUT2D eigenvalue weighted by atomic mass is 35.5. The Morgan fingerprint density at radius 1 is 1.54 bits per heavy atom. The number of anilines is 1. The highest BCUT2D eigenvalue weighted by molar-refractivity contribution is 6.30.